The monoisotopic (exact) mass is 330 g/mol. The number of thioether (sulfide) groups is 1. The zero-order chi connectivity index (χ0) is 16.3. The van der Waals surface area contributed by atoms with E-state index in [1.165, 1.54) is 37.8 Å². The lowest BCUT2D eigenvalue weighted by atomic mass is 10.1. The summed E-state index contributed by atoms with van der Waals surface area (Å²) in [6.07, 6.45) is 2.95. The van der Waals surface area contributed by atoms with Crippen LogP contribution in [-0.4, -0.2) is 28.0 Å². The molecule has 4 nitrogen and oxygen atoms in total. The van der Waals surface area contributed by atoms with Crippen molar-refractivity contribution in [3.63, 3.8) is 0 Å². The number of ketones is 1. The van der Waals surface area contributed by atoms with Crippen molar-refractivity contribution in [3.05, 3.63) is 42.0 Å². The van der Waals surface area contributed by atoms with Crippen molar-refractivity contribution in [2.45, 2.75) is 23.9 Å². The summed E-state index contributed by atoms with van der Waals surface area (Å²) in [6, 6.07) is 3.90. The largest absolute Gasteiger partial charge is 0.496 e. The van der Waals surface area contributed by atoms with E-state index < -0.39 is 5.51 Å². The number of imidazole rings is 1. The highest BCUT2D eigenvalue weighted by molar-refractivity contribution is 8.00. The Labute approximate surface area is 129 Å². The fourth-order valence-corrected chi connectivity index (χ4v) is 2.56. The molecule has 0 atom stereocenters. The van der Waals surface area contributed by atoms with Gasteiger partial charge in [0.1, 0.15) is 11.4 Å². The zero-order valence-electron chi connectivity index (χ0n) is 11.8. The summed E-state index contributed by atoms with van der Waals surface area (Å²) in [7, 11) is 1.26. The lowest BCUT2D eigenvalue weighted by Gasteiger charge is -2.12. The lowest BCUT2D eigenvalue weighted by Crippen LogP contribution is -2.09. The number of methoxy groups -OCH3 is 1. The molecule has 0 unspecified atom stereocenters. The minimum Gasteiger partial charge on any atom is -0.496 e. The van der Waals surface area contributed by atoms with Crippen LogP contribution in [0.25, 0.3) is 0 Å². The molecule has 0 spiro atoms. The standard InChI is InChI=1S/C14H13F3N2O2S/c1-3-19-8-18-7-10(19)13(20)9-4-5-12(11(6-9)21-2)22-14(15,16)17/h4-8H,3H2,1-2H3. The molecule has 0 aliphatic carbocycles. The van der Waals surface area contributed by atoms with Gasteiger partial charge in [-0.1, -0.05) is 0 Å². The quantitative estimate of drug-likeness (QED) is 0.618. The molecule has 0 radical (unpaired) electrons. The first-order valence-corrected chi connectivity index (χ1v) is 7.16. The highest BCUT2D eigenvalue weighted by Crippen LogP contribution is 2.41. The fourth-order valence-electron chi connectivity index (χ4n) is 1.93. The third kappa shape index (κ3) is 3.62. The summed E-state index contributed by atoms with van der Waals surface area (Å²) in [5.41, 5.74) is -3.79. The predicted octanol–water partition coefficient (Wildman–Crippen LogP) is 3.75. The van der Waals surface area contributed by atoms with E-state index >= 15 is 0 Å². The van der Waals surface area contributed by atoms with Gasteiger partial charge >= 0.3 is 5.51 Å². The van der Waals surface area contributed by atoms with E-state index in [9.17, 15) is 18.0 Å². The Kier molecular flexibility index (Phi) is 4.80. The molecule has 118 valence electrons. The van der Waals surface area contributed by atoms with Gasteiger partial charge in [-0.3, -0.25) is 4.79 Å². The SMILES string of the molecule is CCn1cncc1C(=O)c1ccc(SC(F)(F)F)c(OC)c1. The van der Waals surface area contributed by atoms with Gasteiger partial charge in [0.15, 0.2) is 0 Å². The Morgan fingerprint density at radius 1 is 1.41 bits per heavy atom. The zero-order valence-corrected chi connectivity index (χ0v) is 12.7. The Bertz CT molecular complexity index is 683. The summed E-state index contributed by atoms with van der Waals surface area (Å²) in [5, 5.41) is 0. The number of ether oxygens (including phenoxy) is 1. The normalized spacial score (nSPS) is 11.5. The molecule has 1 heterocycles. The summed E-state index contributed by atoms with van der Waals surface area (Å²) in [4.78, 5) is 16.2. The molecule has 0 fully saturated rings. The van der Waals surface area contributed by atoms with E-state index in [1.807, 2.05) is 6.92 Å². The van der Waals surface area contributed by atoms with Crippen molar-refractivity contribution in [2.75, 3.05) is 7.11 Å². The second-order valence-corrected chi connectivity index (χ2v) is 5.41. The molecule has 0 bridgehead atoms. The van der Waals surface area contributed by atoms with Crippen molar-refractivity contribution in [1.82, 2.24) is 9.55 Å². The van der Waals surface area contributed by atoms with Crippen LogP contribution in [0.4, 0.5) is 13.2 Å². The Morgan fingerprint density at radius 2 is 2.14 bits per heavy atom. The molecule has 0 amide bonds. The van der Waals surface area contributed by atoms with Crippen LogP contribution in [0.15, 0.2) is 35.6 Å². The molecule has 8 heteroatoms. The van der Waals surface area contributed by atoms with Crippen LogP contribution in [0, 0.1) is 0 Å². The van der Waals surface area contributed by atoms with E-state index in [4.69, 9.17) is 4.74 Å². The van der Waals surface area contributed by atoms with E-state index in [1.54, 1.807) is 4.57 Å². The molecule has 2 rings (SSSR count). The van der Waals surface area contributed by atoms with Crippen molar-refractivity contribution in [3.8, 4) is 5.75 Å². The maximum absolute atomic E-state index is 12.5. The Balaban J connectivity index is 2.35. The average molecular weight is 330 g/mol. The number of carbonyl (C=O) groups excluding carboxylic acids is 1. The topological polar surface area (TPSA) is 44.1 Å². The van der Waals surface area contributed by atoms with Gasteiger partial charge in [-0.05, 0) is 36.9 Å². The van der Waals surface area contributed by atoms with Gasteiger partial charge in [-0.2, -0.15) is 13.2 Å². The van der Waals surface area contributed by atoms with Crippen LogP contribution < -0.4 is 4.74 Å². The summed E-state index contributed by atoms with van der Waals surface area (Å²) >= 11 is -0.276. The second kappa shape index (κ2) is 6.43. The third-order valence-corrected chi connectivity index (χ3v) is 3.73. The number of aryl methyl sites for hydroxylation is 1. The third-order valence-electron chi connectivity index (χ3n) is 2.94. The molecule has 1 aromatic carbocycles. The van der Waals surface area contributed by atoms with Crippen LogP contribution in [-0.2, 0) is 6.54 Å². The van der Waals surface area contributed by atoms with Crippen LogP contribution in [0.2, 0.25) is 0 Å². The summed E-state index contributed by atoms with van der Waals surface area (Å²) < 4.78 is 44.0. The Hall–Kier alpha value is -1.96. The number of halogens is 3. The number of rotatable bonds is 5. The molecular weight excluding hydrogens is 317 g/mol. The second-order valence-electron chi connectivity index (χ2n) is 4.31. The lowest BCUT2D eigenvalue weighted by molar-refractivity contribution is -0.0328. The summed E-state index contributed by atoms with van der Waals surface area (Å²) in [6.45, 7) is 2.43. The van der Waals surface area contributed by atoms with Gasteiger partial charge in [0.25, 0.3) is 0 Å². The van der Waals surface area contributed by atoms with Crippen LogP contribution >= 0.6 is 11.8 Å². The maximum atomic E-state index is 12.5. The number of nitrogens with zero attached hydrogens (tertiary/aromatic N) is 2. The number of benzene rings is 1. The van der Waals surface area contributed by atoms with Crippen molar-refractivity contribution in [2.24, 2.45) is 0 Å². The average Bonchev–Trinajstić information content (AvgIpc) is 2.93. The summed E-state index contributed by atoms with van der Waals surface area (Å²) in [5.74, 6) is -0.308. The van der Waals surface area contributed by atoms with Gasteiger partial charge in [0.05, 0.1) is 24.5 Å². The van der Waals surface area contributed by atoms with Gasteiger partial charge in [0.2, 0.25) is 5.78 Å². The molecular formula is C14H13F3N2O2S. The number of aromatic nitrogens is 2. The van der Waals surface area contributed by atoms with E-state index in [-0.39, 0.29) is 33.8 Å². The molecule has 1 aromatic heterocycles. The van der Waals surface area contributed by atoms with Gasteiger partial charge in [0, 0.05) is 12.1 Å². The van der Waals surface area contributed by atoms with Crippen LogP contribution in [0.3, 0.4) is 0 Å². The number of alkyl halides is 3. The minimum atomic E-state index is -4.42. The smallest absolute Gasteiger partial charge is 0.446 e. The van der Waals surface area contributed by atoms with Crippen molar-refractivity contribution in [1.29, 1.82) is 0 Å². The van der Waals surface area contributed by atoms with Crippen LogP contribution in [0.5, 0.6) is 5.75 Å². The van der Waals surface area contributed by atoms with Gasteiger partial charge in [-0.15, -0.1) is 0 Å². The maximum Gasteiger partial charge on any atom is 0.446 e. The highest BCUT2D eigenvalue weighted by atomic mass is 32.2. The number of hydrogen-bond donors (Lipinski definition) is 0. The highest BCUT2D eigenvalue weighted by Gasteiger charge is 2.31. The molecule has 0 aliphatic heterocycles. The fraction of sp³-hybridized carbons (Fsp3) is 0.286. The Morgan fingerprint density at radius 3 is 2.73 bits per heavy atom. The van der Waals surface area contributed by atoms with E-state index in [0.717, 1.165) is 0 Å². The van der Waals surface area contributed by atoms with Gasteiger partial charge < -0.3 is 9.30 Å². The van der Waals surface area contributed by atoms with Gasteiger partial charge in [-0.25, -0.2) is 4.98 Å². The molecule has 0 saturated carbocycles. The number of carbonyl (C=O) groups is 1. The number of hydrogen-bond acceptors (Lipinski definition) is 4. The van der Waals surface area contributed by atoms with Crippen LogP contribution in [0.1, 0.15) is 23.0 Å². The first-order valence-electron chi connectivity index (χ1n) is 6.34. The molecule has 0 N–H and O–H groups in total. The van der Waals surface area contributed by atoms with Crippen molar-refractivity contribution >= 4 is 17.5 Å². The molecule has 2 aromatic rings. The van der Waals surface area contributed by atoms with E-state index in [0.29, 0.717) is 12.2 Å². The minimum absolute atomic E-state index is 0.00994. The van der Waals surface area contributed by atoms with E-state index in [2.05, 4.69) is 4.98 Å². The first-order chi connectivity index (χ1) is 10.4. The molecule has 0 saturated heterocycles. The predicted molar refractivity (Wildman–Crippen MR) is 76.2 cm³/mol. The molecule has 0 aliphatic rings. The van der Waals surface area contributed by atoms with Crippen molar-refractivity contribution < 1.29 is 22.7 Å². The molecule has 22 heavy (non-hydrogen) atoms. The first kappa shape index (κ1) is 16.4.